The Morgan fingerprint density at radius 1 is 0.933 bits per heavy atom. The van der Waals surface area contributed by atoms with E-state index < -0.39 is 0 Å². The summed E-state index contributed by atoms with van der Waals surface area (Å²) in [5, 5.41) is 1.21. The van der Waals surface area contributed by atoms with E-state index >= 15 is 0 Å². The lowest BCUT2D eigenvalue weighted by molar-refractivity contribution is 0.415. The molecule has 0 bridgehead atoms. The third kappa shape index (κ3) is 2.19. The molecule has 1 unspecified atom stereocenters. The van der Waals surface area contributed by atoms with Crippen molar-refractivity contribution in [1.82, 2.24) is 0 Å². The van der Waals surface area contributed by atoms with E-state index in [1.165, 1.54) is 16.4 Å². The first-order valence-electron chi connectivity index (χ1n) is 4.80. The van der Waals surface area contributed by atoms with Crippen LogP contribution in [0.5, 0.6) is 5.75 Å². The molecule has 0 aliphatic rings. The van der Waals surface area contributed by atoms with Crippen molar-refractivity contribution in [3.05, 3.63) is 48.5 Å². The van der Waals surface area contributed by atoms with Gasteiger partial charge in [-0.05, 0) is 28.6 Å². The minimum Gasteiger partial charge on any atom is -0.497 e. The lowest BCUT2D eigenvalue weighted by Gasteiger charge is -2.06. The Kier molecular flexibility index (Phi) is 3.03. The van der Waals surface area contributed by atoms with Gasteiger partial charge in [0.15, 0.2) is 0 Å². The first-order chi connectivity index (χ1) is 7.31. The number of rotatable bonds is 2. The molecule has 0 spiro atoms. The summed E-state index contributed by atoms with van der Waals surface area (Å²) < 4.78 is 5.13. The zero-order valence-corrected chi connectivity index (χ0v) is 9.76. The summed E-state index contributed by atoms with van der Waals surface area (Å²) >= 11 is 0. The second kappa shape index (κ2) is 4.46. The smallest absolute Gasteiger partial charge is 0.118 e. The standard InChI is InChI=1S/C13H13OP/c1-14-11-8-6-10(7-9-11)12-4-2-3-5-13(12)15/h2-9H,15H2,1H3. The molecule has 2 heteroatoms. The fourth-order valence-corrected chi connectivity index (χ4v) is 1.90. The van der Waals surface area contributed by atoms with E-state index in [9.17, 15) is 0 Å². The van der Waals surface area contributed by atoms with Crippen LogP contribution in [0.1, 0.15) is 0 Å². The van der Waals surface area contributed by atoms with Crippen molar-refractivity contribution >= 4 is 14.5 Å². The molecule has 0 amide bonds. The minimum absolute atomic E-state index is 0.889. The van der Waals surface area contributed by atoms with Gasteiger partial charge in [0.25, 0.3) is 0 Å². The second-order valence-electron chi connectivity index (χ2n) is 3.32. The van der Waals surface area contributed by atoms with E-state index in [2.05, 4.69) is 33.5 Å². The normalized spacial score (nSPS) is 10.0. The molecule has 0 heterocycles. The van der Waals surface area contributed by atoms with Crippen LogP contribution in [0.2, 0.25) is 0 Å². The highest BCUT2D eigenvalue weighted by Gasteiger charge is 2.00. The zero-order chi connectivity index (χ0) is 10.7. The summed E-state index contributed by atoms with van der Waals surface area (Å²) in [5.74, 6) is 0.889. The highest BCUT2D eigenvalue weighted by atomic mass is 31.0. The maximum atomic E-state index is 5.13. The third-order valence-corrected chi connectivity index (χ3v) is 2.87. The number of ether oxygens (including phenoxy) is 1. The summed E-state index contributed by atoms with van der Waals surface area (Å²) in [6.45, 7) is 0. The second-order valence-corrected chi connectivity index (χ2v) is 3.94. The van der Waals surface area contributed by atoms with Crippen molar-refractivity contribution < 1.29 is 4.74 Å². The van der Waals surface area contributed by atoms with E-state index in [4.69, 9.17) is 4.74 Å². The van der Waals surface area contributed by atoms with Gasteiger partial charge in [-0.3, -0.25) is 0 Å². The summed E-state index contributed by atoms with van der Waals surface area (Å²) in [6, 6.07) is 16.4. The monoisotopic (exact) mass is 216 g/mol. The lowest BCUT2D eigenvalue weighted by Crippen LogP contribution is -1.95. The minimum atomic E-state index is 0.889. The first-order valence-corrected chi connectivity index (χ1v) is 5.38. The van der Waals surface area contributed by atoms with Crippen LogP contribution in [0.25, 0.3) is 11.1 Å². The Bertz CT molecular complexity index is 448. The maximum absolute atomic E-state index is 5.13. The SMILES string of the molecule is COc1ccc(-c2ccccc2P)cc1. The van der Waals surface area contributed by atoms with Crippen molar-refractivity contribution in [3.8, 4) is 16.9 Å². The van der Waals surface area contributed by atoms with Gasteiger partial charge in [-0.1, -0.05) is 36.4 Å². The molecule has 2 aromatic rings. The Labute approximate surface area is 92.3 Å². The van der Waals surface area contributed by atoms with Crippen LogP contribution in [-0.4, -0.2) is 7.11 Å². The van der Waals surface area contributed by atoms with Crippen molar-refractivity contribution in [3.63, 3.8) is 0 Å². The number of methoxy groups -OCH3 is 1. The van der Waals surface area contributed by atoms with Gasteiger partial charge in [0.1, 0.15) is 5.75 Å². The topological polar surface area (TPSA) is 9.23 Å². The molecule has 0 N–H and O–H groups in total. The molecule has 1 atom stereocenters. The molecule has 2 rings (SSSR count). The number of hydrogen-bond acceptors (Lipinski definition) is 1. The van der Waals surface area contributed by atoms with Gasteiger partial charge in [-0.2, -0.15) is 0 Å². The van der Waals surface area contributed by atoms with E-state index in [-0.39, 0.29) is 0 Å². The molecule has 0 aromatic heterocycles. The van der Waals surface area contributed by atoms with Gasteiger partial charge in [-0.25, -0.2) is 0 Å². The summed E-state index contributed by atoms with van der Waals surface area (Å²) in [7, 11) is 4.43. The summed E-state index contributed by atoms with van der Waals surface area (Å²) in [4.78, 5) is 0. The molecule has 0 aliphatic heterocycles. The lowest BCUT2D eigenvalue weighted by atomic mass is 10.1. The van der Waals surface area contributed by atoms with Gasteiger partial charge in [-0.15, -0.1) is 9.24 Å². The Balaban J connectivity index is 2.42. The quantitative estimate of drug-likeness (QED) is 0.701. The molecule has 76 valence electrons. The van der Waals surface area contributed by atoms with E-state index in [1.54, 1.807) is 7.11 Å². The zero-order valence-electron chi connectivity index (χ0n) is 8.60. The van der Waals surface area contributed by atoms with E-state index in [0.29, 0.717) is 0 Å². The average molecular weight is 216 g/mol. The molecule has 0 radical (unpaired) electrons. The highest BCUT2D eigenvalue weighted by molar-refractivity contribution is 7.28. The predicted octanol–water partition coefficient (Wildman–Crippen LogP) is 2.86. The molecule has 0 aliphatic carbocycles. The fourth-order valence-electron chi connectivity index (χ4n) is 1.53. The van der Waals surface area contributed by atoms with Crippen LogP contribution in [-0.2, 0) is 0 Å². The van der Waals surface area contributed by atoms with Gasteiger partial charge in [0, 0.05) is 0 Å². The number of benzene rings is 2. The summed E-state index contributed by atoms with van der Waals surface area (Å²) in [5.41, 5.74) is 2.45. The van der Waals surface area contributed by atoms with Gasteiger partial charge >= 0.3 is 0 Å². The van der Waals surface area contributed by atoms with Gasteiger partial charge in [0.05, 0.1) is 7.11 Å². The van der Waals surface area contributed by atoms with Crippen molar-refractivity contribution in [1.29, 1.82) is 0 Å². The molecule has 1 nitrogen and oxygen atoms in total. The van der Waals surface area contributed by atoms with Crippen molar-refractivity contribution in [2.45, 2.75) is 0 Å². The molecule has 0 saturated heterocycles. The highest BCUT2D eigenvalue weighted by Crippen LogP contribution is 2.21. The number of hydrogen-bond donors (Lipinski definition) is 0. The van der Waals surface area contributed by atoms with Crippen LogP contribution in [0.4, 0.5) is 0 Å². The first kappa shape index (κ1) is 10.2. The van der Waals surface area contributed by atoms with E-state index in [0.717, 1.165) is 5.75 Å². The van der Waals surface area contributed by atoms with Crippen LogP contribution in [0.3, 0.4) is 0 Å². The molecule has 2 aromatic carbocycles. The fraction of sp³-hybridized carbons (Fsp3) is 0.0769. The van der Waals surface area contributed by atoms with Crippen LogP contribution in [0.15, 0.2) is 48.5 Å². The summed E-state index contributed by atoms with van der Waals surface area (Å²) in [6.07, 6.45) is 0. The van der Waals surface area contributed by atoms with Gasteiger partial charge < -0.3 is 4.74 Å². The Morgan fingerprint density at radius 2 is 1.60 bits per heavy atom. The van der Waals surface area contributed by atoms with Crippen LogP contribution >= 0.6 is 9.24 Å². The van der Waals surface area contributed by atoms with E-state index in [1.807, 2.05) is 24.3 Å². The molecular formula is C13H13OP. The van der Waals surface area contributed by atoms with Crippen molar-refractivity contribution in [2.75, 3.05) is 7.11 Å². The van der Waals surface area contributed by atoms with Gasteiger partial charge in [0.2, 0.25) is 0 Å². The predicted molar refractivity (Wildman–Crippen MR) is 67.8 cm³/mol. The maximum Gasteiger partial charge on any atom is 0.118 e. The van der Waals surface area contributed by atoms with Crippen molar-refractivity contribution in [2.24, 2.45) is 0 Å². The average Bonchev–Trinajstić information content (AvgIpc) is 2.30. The molecule has 0 saturated carbocycles. The Hall–Kier alpha value is -1.33. The molecule has 15 heavy (non-hydrogen) atoms. The third-order valence-electron chi connectivity index (χ3n) is 2.36. The van der Waals surface area contributed by atoms with Crippen LogP contribution < -0.4 is 10.0 Å². The largest absolute Gasteiger partial charge is 0.497 e. The molecular weight excluding hydrogens is 203 g/mol. The molecule has 0 fully saturated rings. The van der Waals surface area contributed by atoms with Crippen LogP contribution in [0, 0.1) is 0 Å². The Morgan fingerprint density at radius 3 is 2.20 bits per heavy atom.